The van der Waals surface area contributed by atoms with Crippen LogP contribution in [-0.2, 0) is 16.0 Å². The van der Waals surface area contributed by atoms with Crippen LogP contribution in [0.2, 0.25) is 0 Å². The molecular weight excluding hydrogens is 341 g/mol. The number of alkyl halides is 1. The summed E-state index contributed by atoms with van der Waals surface area (Å²) in [6.45, 7) is 0. The predicted octanol–water partition coefficient (Wildman–Crippen LogP) is 3.92. The third-order valence-corrected chi connectivity index (χ3v) is 5.58. The Morgan fingerprint density at radius 2 is 2.08 bits per heavy atom. The van der Waals surface area contributed by atoms with Crippen LogP contribution >= 0.6 is 11.3 Å². The number of halogens is 1. The molecule has 130 valence electrons. The minimum absolute atomic E-state index is 0.0333. The van der Waals surface area contributed by atoms with Gasteiger partial charge in [-0.1, -0.05) is 6.07 Å². The van der Waals surface area contributed by atoms with E-state index in [1.54, 1.807) is 0 Å². The molecule has 5 nitrogen and oxygen atoms in total. The first kappa shape index (κ1) is 16.2. The van der Waals surface area contributed by atoms with Crippen molar-refractivity contribution in [3.8, 4) is 11.3 Å². The molecule has 2 N–H and O–H groups in total. The largest absolute Gasteiger partial charge is 0.326 e. The number of hydrogen-bond acceptors (Lipinski definition) is 4. The molecule has 0 saturated heterocycles. The number of nitrogens with zero attached hydrogens (tertiary/aromatic N) is 1. The number of carbonyl (C=O) groups excluding carboxylic acids is 2. The highest BCUT2D eigenvalue weighted by Gasteiger charge is 2.41. The Labute approximate surface area is 148 Å². The van der Waals surface area contributed by atoms with Gasteiger partial charge in [0, 0.05) is 23.1 Å². The number of anilines is 2. The second-order valence-electron chi connectivity index (χ2n) is 6.58. The molecule has 0 spiro atoms. The number of thiazole rings is 1. The highest BCUT2D eigenvalue weighted by molar-refractivity contribution is 7.14. The maximum Gasteiger partial charge on any atom is 0.263 e. The van der Waals surface area contributed by atoms with Crippen molar-refractivity contribution in [2.45, 2.75) is 44.2 Å². The summed E-state index contributed by atoms with van der Waals surface area (Å²) in [6.07, 6.45) is 3.25. The Morgan fingerprint density at radius 1 is 1.28 bits per heavy atom. The number of aryl methyl sites for hydroxylation is 1. The van der Waals surface area contributed by atoms with Crippen LogP contribution in [0.15, 0.2) is 23.6 Å². The van der Waals surface area contributed by atoms with Gasteiger partial charge in [-0.3, -0.25) is 14.9 Å². The lowest BCUT2D eigenvalue weighted by Crippen LogP contribution is -2.35. The van der Waals surface area contributed by atoms with E-state index in [0.717, 1.165) is 35.3 Å². The number of benzene rings is 1. The molecule has 0 atom stereocenters. The highest BCUT2D eigenvalue weighted by Crippen LogP contribution is 2.35. The number of hydrogen-bond donors (Lipinski definition) is 2. The summed E-state index contributed by atoms with van der Waals surface area (Å²) in [5, 5.41) is 7.73. The highest BCUT2D eigenvalue weighted by atomic mass is 32.1. The molecule has 0 bridgehead atoms. The van der Waals surface area contributed by atoms with Gasteiger partial charge in [0.2, 0.25) is 5.91 Å². The van der Waals surface area contributed by atoms with Crippen LogP contribution in [0.5, 0.6) is 0 Å². The molecule has 1 aromatic heterocycles. The minimum Gasteiger partial charge on any atom is -0.326 e. The summed E-state index contributed by atoms with van der Waals surface area (Å²) in [5.41, 5.74) is 1.81. The van der Waals surface area contributed by atoms with Crippen molar-refractivity contribution < 1.29 is 14.0 Å². The summed E-state index contributed by atoms with van der Waals surface area (Å²) in [7, 11) is 0. The molecule has 0 radical (unpaired) electrons. The topological polar surface area (TPSA) is 71.1 Å². The van der Waals surface area contributed by atoms with E-state index in [0.29, 0.717) is 18.0 Å². The third-order valence-electron chi connectivity index (χ3n) is 4.82. The van der Waals surface area contributed by atoms with Gasteiger partial charge in [-0.05, 0) is 49.8 Å². The lowest BCUT2D eigenvalue weighted by molar-refractivity contribution is -0.127. The van der Waals surface area contributed by atoms with Crippen molar-refractivity contribution in [1.29, 1.82) is 0 Å². The van der Waals surface area contributed by atoms with Crippen molar-refractivity contribution in [2.75, 3.05) is 10.6 Å². The van der Waals surface area contributed by atoms with Crippen molar-refractivity contribution in [2.24, 2.45) is 0 Å². The van der Waals surface area contributed by atoms with Gasteiger partial charge in [0.15, 0.2) is 10.8 Å². The van der Waals surface area contributed by atoms with Crippen LogP contribution in [0.4, 0.5) is 15.2 Å². The van der Waals surface area contributed by atoms with Crippen molar-refractivity contribution in [3.63, 3.8) is 0 Å². The first-order valence-electron chi connectivity index (χ1n) is 8.43. The molecule has 4 rings (SSSR count). The fraction of sp³-hybridized carbons (Fsp3) is 0.389. The molecule has 1 saturated carbocycles. The quantitative estimate of drug-likeness (QED) is 0.873. The number of aromatic nitrogens is 1. The molecule has 1 fully saturated rings. The molecule has 25 heavy (non-hydrogen) atoms. The van der Waals surface area contributed by atoms with Crippen LogP contribution < -0.4 is 10.6 Å². The van der Waals surface area contributed by atoms with E-state index in [4.69, 9.17) is 0 Å². The fourth-order valence-electron chi connectivity index (χ4n) is 3.38. The predicted molar refractivity (Wildman–Crippen MR) is 95.4 cm³/mol. The Bertz CT molecular complexity index is 843. The normalized spacial score (nSPS) is 18.5. The van der Waals surface area contributed by atoms with Crippen LogP contribution in [0, 0.1) is 0 Å². The fourth-order valence-corrected chi connectivity index (χ4v) is 4.09. The zero-order valence-electron chi connectivity index (χ0n) is 13.6. The number of carbonyl (C=O) groups is 2. The van der Waals surface area contributed by atoms with Crippen molar-refractivity contribution in [1.82, 2.24) is 4.98 Å². The van der Waals surface area contributed by atoms with E-state index in [1.807, 2.05) is 23.6 Å². The van der Waals surface area contributed by atoms with Gasteiger partial charge >= 0.3 is 0 Å². The third kappa shape index (κ3) is 3.16. The van der Waals surface area contributed by atoms with E-state index in [-0.39, 0.29) is 18.7 Å². The SMILES string of the molecule is O=C1CCc2cc(-c3csc(NC(=O)C4(F)CCCC4)n3)ccc2N1. The molecule has 1 aliphatic heterocycles. The Morgan fingerprint density at radius 3 is 2.88 bits per heavy atom. The summed E-state index contributed by atoms with van der Waals surface area (Å²) >= 11 is 1.29. The van der Waals surface area contributed by atoms with E-state index in [9.17, 15) is 14.0 Å². The monoisotopic (exact) mass is 359 g/mol. The number of nitrogens with one attached hydrogen (secondary N) is 2. The van der Waals surface area contributed by atoms with Gasteiger partial charge in [-0.25, -0.2) is 9.37 Å². The van der Waals surface area contributed by atoms with Crippen LogP contribution in [0.3, 0.4) is 0 Å². The standard InChI is InChI=1S/C18H18FN3O2S/c19-18(7-1-2-8-18)16(24)22-17-21-14(10-25-17)12-3-5-13-11(9-12)4-6-15(23)20-13/h3,5,9-10H,1-2,4,6-8H2,(H,20,23)(H,21,22,24). The number of rotatable bonds is 3. The summed E-state index contributed by atoms with van der Waals surface area (Å²) in [4.78, 5) is 28.0. The van der Waals surface area contributed by atoms with Crippen molar-refractivity contribution >= 4 is 34.0 Å². The Balaban J connectivity index is 1.51. The van der Waals surface area contributed by atoms with Gasteiger partial charge in [0.1, 0.15) is 0 Å². The Hall–Kier alpha value is -2.28. The lowest BCUT2D eigenvalue weighted by atomic mass is 9.99. The average molecular weight is 359 g/mol. The van der Waals surface area contributed by atoms with E-state index in [2.05, 4.69) is 15.6 Å². The van der Waals surface area contributed by atoms with Crippen LogP contribution in [-0.4, -0.2) is 22.5 Å². The average Bonchev–Trinajstić information content (AvgIpc) is 3.24. The lowest BCUT2D eigenvalue weighted by Gasteiger charge is -2.17. The van der Waals surface area contributed by atoms with Crippen LogP contribution in [0.1, 0.15) is 37.7 Å². The van der Waals surface area contributed by atoms with Gasteiger partial charge in [0.25, 0.3) is 5.91 Å². The molecule has 7 heteroatoms. The van der Waals surface area contributed by atoms with Crippen LogP contribution in [0.25, 0.3) is 11.3 Å². The smallest absolute Gasteiger partial charge is 0.263 e. The maximum atomic E-state index is 14.5. The second-order valence-corrected chi connectivity index (χ2v) is 7.44. The first-order valence-corrected chi connectivity index (χ1v) is 9.30. The van der Waals surface area contributed by atoms with Gasteiger partial charge in [0.05, 0.1) is 5.69 Å². The van der Waals surface area contributed by atoms with E-state index in [1.165, 1.54) is 11.3 Å². The van der Waals surface area contributed by atoms with Gasteiger partial charge in [-0.15, -0.1) is 11.3 Å². The second kappa shape index (κ2) is 6.22. The maximum absolute atomic E-state index is 14.5. The number of fused-ring (bicyclic) bond motifs is 1. The van der Waals surface area contributed by atoms with E-state index >= 15 is 0 Å². The molecule has 2 heterocycles. The molecule has 2 aromatic rings. The van der Waals surface area contributed by atoms with Crippen molar-refractivity contribution in [3.05, 3.63) is 29.1 Å². The first-order chi connectivity index (χ1) is 12.0. The molecule has 2 amide bonds. The van der Waals surface area contributed by atoms with Gasteiger partial charge < -0.3 is 5.32 Å². The Kier molecular flexibility index (Phi) is 4.03. The molecule has 1 aromatic carbocycles. The summed E-state index contributed by atoms with van der Waals surface area (Å²) in [6, 6.07) is 5.76. The zero-order valence-corrected chi connectivity index (χ0v) is 14.4. The molecule has 2 aliphatic rings. The molecule has 0 unspecified atom stereocenters. The van der Waals surface area contributed by atoms with E-state index < -0.39 is 11.6 Å². The molecule has 1 aliphatic carbocycles. The summed E-state index contributed by atoms with van der Waals surface area (Å²) in [5.74, 6) is -0.551. The number of amides is 2. The summed E-state index contributed by atoms with van der Waals surface area (Å²) < 4.78 is 14.5. The molecular formula is C18H18FN3O2S. The minimum atomic E-state index is -1.75. The zero-order chi connectivity index (χ0) is 17.4. The van der Waals surface area contributed by atoms with Gasteiger partial charge in [-0.2, -0.15) is 0 Å².